The van der Waals surface area contributed by atoms with Gasteiger partial charge in [-0.15, -0.1) is 0 Å². The Hall–Kier alpha value is -1.59. The standard InChI is InChI=1S/C15H26O6/c1-5-15(9-6-12(16)19-2,10-7-13(17)20-3)11-8-14(18)21-4/h5-11H2,1-4H3. The zero-order valence-electron chi connectivity index (χ0n) is 13.4. The number of hydrogen-bond donors (Lipinski definition) is 0. The second kappa shape index (κ2) is 10.2. The van der Waals surface area contributed by atoms with E-state index in [2.05, 4.69) is 14.2 Å². The van der Waals surface area contributed by atoms with E-state index in [0.29, 0.717) is 19.3 Å². The maximum atomic E-state index is 11.4. The highest BCUT2D eigenvalue weighted by atomic mass is 16.5. The molecule has 0 saturated carbocycles. The summed E-state index contributed by atoms with van der Waals surface area (Å²) in [5, 5.41) is 0. The third kappa shape index (κ3) is 7.68. The first kappa shape index (κ1) is 19.4. The van der Waals surface area contributed by atoms with Crippen molar-refractivity contribution in [2.45, 2.75) is 51.9 Å². The largest absolute Gasteiger partial charge is 0.469 e. The summed E-state index contributed by atoms with van der Waals surface area (Å²) in [6.07, 6.45) is 3.29. The number of ether oxygens (including phenoxy) is 3. The SMILES string of the molecule is CCC(CCC(=O)OC)(CCC(=O)OC)CCC(=O)OC. The molecule has 0 fully saturated rings. The molecule has 0 atom stereocenters. The average molecular weight is 302 g/mol. The van der Waals surface area contributed by atoms with E-state index in [1.54, 1.807) is 0 Å². The van der Waals surface area contributed by atoms with Crippen molar-refractivity contribution in [3.05, 3.63) is 0 Å². The number of hydrogen-bond acceptors (Lipinski definition) is 6. The van der Waals surface area contributed by atoms with Crippen molar-refractivity contribution in [2.24, 2.45) is 5.41 Å². The molecule has 0 radical (unpaired) electrons. The molecular weight excluding hydrogens is 276 g/mol. The summed E-state index contributed by atoms with van der Waals surface area (Å²) in [5.41, 5.74) is -0.267. The van der Waals surface area contributed by atoms with Crippen LogP contribution in [0.25, 0.3) is 0 Å². The summed E-state index contributed by atoms with van der Waals surface area (Å²) in [6, 6.07) is 0. The van der Waals surface area contributed by atoms with Gasteiger partial charge in [-0.05, 0) is 24.7 Å². The molecule has 0 N–H and O–H groups in total. The minimum atomic E-state index is -0.288. The summed E-state index contributed by atoms with van der Waals surface area (Å²) in [5.74, 6) is -0.864. The van der Waals surface area contributed by atoms with Crippen molar-refractivity contribution in [1.29, 1.82) is 0 Å². The summed E-state index contributed by atoms with van der Waals surface area (Å²) in [6.45, 7) is 1.99. The van der Waals surface area contributed by atoms with Gasteiger partial charge in [-0.3, -0.25) is 14.4 Å². The number of carbonyl (C=O) groups excluding carboxylic acids is 3. The van der Waals surface area contributed by atoms with Crippen LogP contribution in [0.1, 0.15) is 51.9 Å². The molecule has 122 valence electrons. The van der Waals surface area contributed by atoms with Crippen molar-refractivity contribution < 1.29 is 28.6 Å². The van der Waals surface area contributed by atoms with Gasteiger partial charge in [0.25, 0.3) is 0 Å². The second-order valence-corrected chi connectivity index (χ2v) is 5.08. The molecule has 0 heterocycles. The fourth-order valence-electron chi connectivity index (χ4n) is 2.31. The smallest absolute Gasteiger partial charge is 0.305 e. The molecule has 0 bridgehead atoms. The van der Waals surface area contributed by atoms with E-state index in [-0.39, 0.29) is 42.6 Å². The fourth-order valence-corrected chi connectivity index (χ4v) is 2.31. The molecule has 0 saturated heterocycles. The molecule has 0 aromatic carbocycles. The van der Waals surface area contributed by atoms with Gasteiger partial charge in [0.15, 0.2) is 0 Å². The van der Waals surface area contributed by atoms with Gasteiger partial charge in [-0.2, -0.15) is 0 Å². The Balaban J connectivity index is 4.76. The monoisotopic (exact) mass is 302 g/mol. The predicted molar refractivity (Wildman–Crippen MR) is 76.5 cm³/mol. The van der Waals surface area contributed by atoms with Gasteiger partial charge in [0, 0.05) is 19.3 Å². The lowest BCUT2D eigenvalue weighted by atomic mass is 9.73. The Morgan fingerprint density at radius 3 is 1.19 bits per heavy atom. The lowest BCUT2D eigenvalue weighted by molar-refractivity contribution is -0.142. The third-order valence-electron chi connectivity index (χ3n) is 4.01. The van der Waals surface area contributed by atoms with E-state index in [4.69, 9.17) is 0 Å². The minimum absolute atomic E-state index is 0.267. The topological polar surface area (TPSA) is 78.9 Å². The highest BCUT2D eigenvalue weighted by molar-refractivity contribution is 5.70. The van der Waals surface area contributed by atoms with Crippen LogP contribution in [-0.2, 0) is 28.6 Å². The molecule has 0 aromatic heterocycles. The highest BCUT2D eigenvalue weighted by Gasteiger charge is 2.30. The molecule has 6 heteroatoms. The fraction of sp³-hybridized carbons (Fsp3) is 0.800. The Bertz CT molecular complexity index is 300. The van der Waals surface area contributed by atoms with E-state index in [1.165, 1.54) is 21.3 Å². The third-order valence-corrected chi connectivity index (χ3v) is 4.01. The molecule has 0 aromatic rings. The molecule has 0 rings (SSSR count). The molecule has 0 amide bonds. The lowest BCUT2D eigenvalue weighted by Gasteiger charge is -2.32. The Morgan fingerprint density at radius 1 is 0.714 bits per heavy atom. The van der Waals surface area contributed by atoms with Gasteiger partial charge in [0.1, 0.15) is 0 Å². The van der Waals surface area contributed by atoms with Crippen LogP contribution in [0.15, 0.2) is 0 Å². The first-order valence-electron chi connectivity index (χ1n) is 7.13. The Morgan fingerprint density at radius 2 is 1.00 bits per heavy atom. The van der Waals surface area contributed by atoms with Crippen molar-refractivity contribution in [3.63, 3.8) is 0 Å². The lowest BCUT2D eigenvalue weighted by Crippen LogP contribution is -2.24. The Kier molecular flexibility index (Phi) is 9.41. The number of rotatable bonds is 10. The zero-order chi connectivity index (χ0) is 16.3. The maximum absolute atomic E-state index is 11.4. The quantitative estimate of drug-likeness (QED) is 0.455. The molecule has 6 nitrogen and oxygen atoms in total. The molecular formula is C15H26O6. The minimum Gasteiger partial charge on any atom is -0.469 e. The maximum Gasteiger partial charge on any atom is 0.305 e. The van der Waals surface area contributed by atoms with Crippen LogP contribution < -0.4 is 0 Å². The van der Waals surface area contributed by atoms with Crippen molar-refractivity contribution >= 4 is 17.9 Å². The molecule has 21 heavy (non-hydrogen) atoms. The summed E-state index contributed by atoms with van der Waals surface area (Å²) < 4.78 is 14.0. The van der Waals surface area contributed by atoms with E-state index in [1.807, 2.05) is 6.92 Å². The van der Waals surface area contributed by atoms with Gasteiger partial charge in [0.05, 0.1) is 21.3 Å². The highest BCUT2D eigenvalue weighted by Crippen LogP contribution is 2.38. The van der Waals surface area contributed by atoms with Crippen molar-refractivity contribution in [3.8, 4) is 0 Å². The van der Waals surface area contributed by atoms with Crippen LogP contribution in [0.3, 0.4) is 0 Å². The average Bonchev–Trinajstić information content (AvgIpc) is 2.53. The first-order chi connectivity index (χ1) is 9.92. The van der Waals surface area contributed by atoms with Gasteiger partial charge >= 0.3 is 17.9 Å². The van der Waals surface area contributed by atoms with Gasteiger partial charge in [-0.1, -0.05) is 13.3 Å². The van der Waals surface area contributed by atoms with Gasteiger partial charge < -0.3 is 14.2 Å². The van der Waals surface area contributed by atoms with Crippen LogP contribution >= 0.6 is 0 Å². The molecule has 0 aliphatic rings. The molecule has 0 unspecified atom stereocenters. The Labute approximate surface area is 126 Å². The molecule has 0 aliphatic carbocycles. The van der Waals surface area contributed by atoms with Crippen molar-refractivity contribution in [2.75, 3.05) is 21.3 Å². The van der Waals surface area contributed by atoms with Crippen LogP contribution in [0.4, 0.5) is 0 Å². The number of methoxy groups -OCH3 is 3. The van der Waals surface area contributed by atoms with Crippen molar-refractivity contribution in [1.82, 2.24) is 0 Å². The van der Waals surface area contributed by atoms with Crippen LogP contribution in [0, 0.1) is 5.41 Å². The van der Waals surface area contributed by atoms with E-state index < -0.39 is 0 Å². The number of carbonyl (C=O) groups is 3. The van der Waals surface area contributed by atoms with Crippen LogP contribution in [0.5, 0.6) is 0 Å². The van der Waals surface area contributed by atoms with E-state index in [0.717, 1.165) is 6.42 Å². The van der Waals surface area contributed by atoms with Gasteiger partial charge in [-0.25, -0.2) is 0 Å². The summed E-state index contributed by atoms with van der Waals surface area (Å²) >= 11 is 0. The van der Waals surface area contributed by atoms with Crippen LogP contribution in [-0.4, -0.2) is 39.2 Å². The molecule has 0 aliphatic heterocycles. The van der Waals surface area contributed by atoms with Gasteiger partial charge in [0.2, 0.25) is 0 Å². The summed E-state index contributed by atoms with van der Waals surface area (Å²) in [7, 11) is 4.04. The van der Waals surface area contributed by atoms with E-state index in [9.17, 15) is 14.4 Å². The van der Waals surface area contributed by atoms with Crippen LogP contribution in [0.2, 0.25) is 0 Å². The number of esters is 3. The molecule has 0 spiro atoms. The predicted octanol–water partition coefficient (Wildman–Crippen LogP) is 2.24. The second-order valence-electron chi connectivity index (χ2n) is 5.08. The first-order valence-corrected chi connectivity index (χ1v) is 7.13. The summed E-state index contributed by atoms with van der Waals surface area (Å²) in [4.78, 5) is 34.1. The van der Waals surface area contributed by atoms with E-state index >= 15 is 0 Å². The zero-order valence-corrected chi connectivity index (χ0v) is 13.4. The normalized spacial score (nSPS) is 10.9.